The van der Waals surface area contributed by atoms with Crippen molar-refractivity contribution in [2.45, 2.75) is 19.4 Å². The molecular formula is C13H21N3OS. The lowest BCUT2D eigenvalue weighted by atomic mass is 10.3. The SMILES string of the molecule is CSCCC(=O)NCCCNCc1cccnc1. The number of rotatable bonds is 9. The third-order valence-corrected chi connectivity index (χ3v) is 3.05. The Labute approximate surface area is 113 Å². The van der Waals surface area contributed by atoms with Crippen molar-refractivity contribution in [3.8, 4) is 0 Å². The molecule has 0 saturated carbocycles. The Kier molecular flexibility index (Phi) is 8.25. The van der Waals surface area contributed by atoms with E-state index in [-0.39, 0.29) is 5.91 Å². The number of hydrogen-bond donors (Lipinski definition) is 2. The van der Waals surface area contributed by atoms with Gasteiger partial charge in [-0.2, -0.15) is 11.8 Å². The van der Waals surface area contributed by atoms with Crippen LogP contribution in [0.1, 0.15) is 18.4 Å². The Hall–Kier alpha value is -1.07. The normalized spacial score (nSPS) is 10.3. The molecule has 18 heavy (non-hydrogen) atoms. The molecule has 0 aliphatic carbocycles. The summed E-state index contributed by atoms with van der Waals surface area (Å²) >= 11 is 1.70. The summed E-state index contributed by atoms with van der Waals surface area (Å²) in [6.07, 6.45) is 7.20. The zero-order valence-electron chi connectivity index (χ0n) is 10.8. The van der Waals surface area contributed by atoms with E-state index in [1.54, 1.807) is 18.0 Å². The van der Waals surface area contributed by atoms with Crippen molar-refractivity contribution >= 4 is 17.7 Å². The predicted molar refractivity (Wildman–Crippen MR) is 76.6 cm³/mol. The van der Waals surface area contributed by atoms with Gasteiger partial charge in [-0.05, 0) is 30.9 Å². The average molecular weight is 267 g/mol. The van der Waals surface area contributed by atoms with Gasteiger partial charge in [-0.25, -0.2) is 0 Å². The van der Waals surface area contributed by atoms with Crippen LogP contribution in [0.3, 0.4) is 0 Å². The van der Waals surface area contributed by atoms with Gasteiger partial charge in [-0.3, -0.25) is 9.78 Å². The van der Waals surface area contributed by atoms with Gasteiger partial charge in [0, 0.05) is 37.7 Å². The molecular weight excluding hydrogens is 246 g/mol. The van der Waals surface area contributed by atoms with E-state index >= 15 is 0 Å². The van der Waals surface area contributed by atoms with E-state index in [1.807, 2.05) is 24.6 Å². The van der Waals surface area contributed by atoms with E-state index in [0.717, 1.165) is 31.8 Å². The van der Waals surface area contributed by atoms with E-state index in [2.05, 4.69) is 15.6 Å². The van der Waals surface area contributed by atoms with Gasteiger partial charge in [-0.15, -0.1) is 0 Å². The number of pyridine rings is 1. The summed E-state index contributed by atoms with van der Waals surface area (Å²) in [6.45, 7) is 2.47. The zero-order chi connectivity index (χ0) is 13.1. The number of nitrogens with one attached hydrogen (secondary N) is 2. The first kappa shape index (κ1) is 15.0. The van der Waals surface area contributed by atoms with Crippen molar-refractivity contribution in [2.24, 2.45) is 0 Å². The maximum Gasteiger partial charge on any atom is 0.220 e. The van der Waals surface area contributed by atoms with E-state index in [9.17, 15) is 4.79 Å². The van der Waals surface area contributed by atoms with Crippen molar-refractivity contribution in [3.05, 3.63) is 30.1 Å². The Morgan fingerprint density at radius 1 is 1.44 bits per heavy atom. The molecule has 1 rings (SSSR count). The molecule has 0 aromatic carbocycles. The molecule has 0 aliphatic heterocycles. The minimum Gasteiger partial charge on any atom is -0.356 e. The molecule has 0 bridgehead atoms. The quantitative estimate of drug-likeness (QED) is 0.665. The predicted octanol–water partition coefficient (Wildman–Crippen LogP) is 1.43. The molecule has 0 aliphatic rings. The average Bonchev–Trinajstić information content (AvgIpc) is 2.41. The van der Waals surface area contributed by atoms with Gasteiger partial charge >= 0.3 is 0 Å². The van der Waals surface area contributed by atoms with Gasteiger partial charge in [0.1, 0.15) is 0 Å². The number of hydrogen-bond acceptors (Lipinski definition) is 4. The second-order valence-electron chi connectivity index (χ2n) is 3.98. The standard InChI is InChI=1S/C13H21N3OS/c1-18-9-5-13(17)16-8-3-7-15-11-12-4-2-6-14-10-12/h2,4,6,10,15H,3,5,7-9,11H2,1H3,(H,16,17). The van der Waals surface area contributed by atoms with Crippen LogP contribution in [0.5, 0.6) is 0 Å². The maximum absolute atomic E-state index is 11.3. The summed E-state index contributed by atoms with van der Waals surface area (Å²) in [5.41, 5.74) is 1.18. The fourth-order valence-corrected chi connectivity index (χ4v) is 1.85. The molecule has 100 valence electrons. The van der Waals surface area contributed by atoms with Crippen molar-refractivity contribution < 1.29 is 4.79 Å². The van der Waals surface area contributed by atoms with Gasteiger partial charge in [0.2, 0.25) is 5.91 Å². The van der Waals surface area contributed by atoms with Crippen molar-refractivity contribution in [1.82, 2.24) is 15.6 Å². The Bertz CT molecular complexity index is 332. The fraction of sp³-hybridized carbons (Fsp3) is 0.538. The summed E-state index contributed by atoms with van der Waals surface area (Å²) in [5.74, 6) is 1.04. The van der Waals surface area contributed by atoms with Crippen LogP contribution in [-0.4, -0.2) is 36.0 Å². The van der Waals surface area contributed by atoms with Gasteiger partial charge in [-0.1, -0.05) is 6.07 Å². The van der Waals surface area contributed by atoms with Crippen LogP contribution in [0.4, 0.5) is 0 Å². The monoisotopic (exact) mass is 267 g/mol. The molecule has 0 fully saturated rings. The second kappa shape index (κ2) is 9.91. The van der Waals surface area contributed by atoms with Crippen LogP contribution in [0.2, 0.25) is 0 Å². The van der Waals surface area contributed by atoms with E-state index in [1.165, 1.54) is 5.56 Å². The van der Waals surface area contributed by atoms with Crippen LogP contribution in [-0.2, 0) is 11.3 Å². The third kappa shape index (κ3) is 7.29. The summed E-state index contributed by atoms with van der Waals surface area (Å²) in [5, 5.41) is 6.23. The molecule has 0 spiro atoms. The summed E-state index contributed by atoms with van der Waals surface area (Å²) < 4.78 is 0. The van der Waals surface area contributed by atoms with Crippen molar-refractivity contribution in [3.63, 3.8) is 0 Å². The number of amides is 1. The number of carbonyl (C=O) groups is 1. The molecule has 1 aromatic rings. The summed E-state index contributed by atoms with van der Waals surface area (Å²) in [4.78, 5) is 15.4. The number of carbonyl (C=O) groups excluding carboxylic acids is 1. The molecule has 1 heterocycles. The maximum atomic E-state index is 11.3. The summed E-state index contributed by atoms with van der Waals surface area (Å²) in [7, 11) is 0. The molecule has 0 unspecified atom stereocenters. The molecule has 1 amide bonds. The number of thioether (sulfide) groups is 1. The molecule has 0 atom stereocenters. The smallest absolute Gasteiger partial charge is 0.220 e. The number of nitrogens with zero attached hydrogens (tertiary/aromatic N) is 1. The summed E-state index contributed by atoms with van der Waals surface area (Å²) in [6, 6.07) is 3.98. The lowest BCUT2D eigenvalue weighted by molar-refractivity contribution is -0.120. The Morgan fingerprint density at radius 2 is 2.33 bits per heavy atom. The lowest BCUT2D eigenvalue weighted by Crippen LogP contribution is -2.27. The minimum atomic E-state index is 0.150. The Morgan fingerprint density at radius 3 is 3.06 bits per heavy atom. The molecule has 5 heteroatoms. The first-order chi connectivity index (χ1) is 8.83. The topological polar surface area (TPSA) is 54.0 Å². The molecule has 4 nitrogen and oxygen atoms in total. The first-order valence-corrected chi connectivity index (χ1v) is 7.57. The van der Waals surface area contributed by atoms with Gasteiger partial charge < -0.3 is 10.6 Å². The van der Waals surface area contributed by atoms with Gasteiger partial charge in [0.25, 0.3) is 0 Å². The fourth-order valence-electron chi connectivity index (χ4n) is 1.46. The van der Waals surface area contributed by atoms with Crippen molar-refractivity contribution in [1.29, 1.82) is 0 Å². The van der Waals surface area contributed by atoms with Crippen LogP contribution in [0, 0.1) is 0 Å². The van der Waals surface area contributed by atoms with Crippen LogP contribution in [0.15, 0.2) is 24.5 Å². The van der Waals surface area contributed by atoms with E-state index in [0.29, 0.717) is 6.42 Å². The largest absolute Gasteiger partial charge is 0.356 e. The lowest BCUT2D eigenvalue weighted by Gasteiger charge is -2.06. The van der Waals surface area contributed by atoms with Gasteiger partial charge in [0.15, 0.2) is 0 Å². The van der Waals surface area contributed by atoms with Crippen LogP contribution >= 0.6 is 11.8 Å². The third-order valence-electron chi connectivity index (χ3n) is 2.44. The molecule has 2 N–H and O–H groups in total. The molecule has 0 radical (unpaired) electrons. The van der Waals surface area contributed by atoms with Crippen LogP contribution < -0.4 is 10.6 Å². The highest BCUT2D eigenvalue weighted by molar-refractivity contribution is 7.98. The highest BCUT2D eigenvalue weighted by atomic mass is 32.2. The highest BCUT2D eigenvalue weighted by Gasteiger charge is 1.98. The van der Waals surface area contributed by atoms with Crippen molar-refractivity contribution in [2.75, 3.05) is 25.1 Å². The van der Waals surface area contributed by atoms with Crippen LogP contribution in [0.25, 0.3) is 0 Å². The second-order valence-corrected chi connectivity index (χ2v) is 4.97. The first-order valence-electron chi connectivity index (χ1n) is 6.18. The minimum absolute atomic E-state index is 0.150. The Balaban J connectivity index is 1.94. The van der Waals surface area contributed by atoms with E-state index < -0.39 is 0 Å². The van der Waals surface area contributed by atoms with E-state index in [4.69, 9.17) is 0 Å². The van der Waals surface area contributed by atoms with Gasteiger partial charge in [0.05, 0.1) is 0 Å². The zero-order valence-corrected chi connectivity index (χ0v) is 11.6. The highest BCUT2D eigenvalue weighted by Crippen LogP contribution is 1.95. The molecule has 0 saturated heterocycles. The molecule has 1 aromatic heterocycles. The number of aromatic nitrogens is 1.